The van der Waals surface area contributed by atoms with E-state index < -0.39 is 0 Å². The monoisotopic (exact) mass is 251 g/mol. The molecule has 2 aromatic rings. The summed E-state index contributed by atoms with van der Waals surface area (Å²) in [6, 6.07) is 7.98. The Labute approximate surface area is 106 Å². The van der Waals surface area contributed by atoms with Crippen molar-refractivity contribution in [1.29, 1.82) is 0 Å². The quantitative estimate of drug-likeness (QED) is 0.801. The Kier molecular flexibility index (Phi) is 4.34. The molecular weight excluding hydrogens is 234 g/mol. The summed E-state index contributed by atoms with van der Waals surface area (Å²) in [5, 5.41) is 4.43. The summed E-state index contributed by atoms with van der Waals surface area (Å²) in [5.74, 6) is 2.85. The fourth-order valence-electron chi connectivity index (χ4n) is 1.72. The number of hydrogen-bond acceptors (Lipinski definition) is 4. The predicted molar refractivity (Wildman–Crippen MR) is 72.9 cm³/mol. The smallest absolute Gasteiger partial charge is 0.176 e. The summed E-state index contributed by atoms with van der Waals surface area (Å²) >= 11 is 1.83. The van der Waals surface area contributed by atoms with Crippen molar-refractivity contribution in [2.24, 2.45) is 0 Å². The van der Waals surface area contributed by atoms with Crippen molar-refractivity contribution in [3.8, 4) is 5.75 Å². The third-order valence-corrected chi connectivity index (χ3v) is 3.17. The van der Waals surface area contributed by atoms with Gasteiger partial charge in [0, 0.05) is 17.7 Å². The molecule has 1 aromatic heterocycles. The van der Waals surface area contributed by atoms with Crippen LogP contribution < -0.4 is 10.1 Å². The minimum atomic E-state index is 0.762. The second kappa shape index (κ2) is 5.98. The van der Waals surface area contributed by atoms with Gasteiger partial charge in [0.15, 0.2) is 11.3 Å². The third-order valence-electron chi connectivity index (χ3n) is 2.56. The lowest BCUT2D eigenvalue weighted by Gasteiger charge is -2.00. The van der Waals surface area contributed by atoms with E-state index >= 15 is 0 Å². The van der Waals surface area contributed by atoms with E-state index in [1.165, 1.54) is 0 Å². The SMILES string of the molecule is COc1cccc2cc(CNCCSC)oc12. The normalized spacial score (nSPS) is 10.9. The first-order valence-corrected chi connectivity index (χ1v) is 6.99. The minimum Gasteiger partial charge on any atom is -0.493 e. The van der Waals surface area contributed by atoms with Crippen molar-refractivity contribution in [2.75, 3.05) is 25.7 Å². The molecule has 0 aliphatic rings. The van der Waals surface area contributed by atoms with Gasteiger partial charge in [-0.05, 0) is 18.4 Å². The zero-order valence-electron chi connectivity index (χ0n) is 10.2. The minimum absolute atomic E-state index is 0.762. The molecule has 0 aliphatic carbocycles. The van der Waals surface area contributed by atoms with Gasteiger partial charge in [0.05, 0.1) is 13.7 Å². The van der Waals surface area contributed by atoms with Gasteiger partial charge < -0.3 is 14.5 Å². The van der Waals surface area contributed by atoms with Gasteiger partial charge in [-0.15, -0.1) is 0 Å². The summed E-state index contributed by atoms with van der Waals surface area (Å²) in [6.07, 6.45) is 2.10. The first-order chi connectivity index (χ1) is 8.35. The Bertz CT molecular complexity index is 481. The van der Waals surface area contributed by atoms with Crippen LogP contribution in [0.3, 0.4) is 0 Å². The largest absolute Gasteiger partial charge is 0.493 e. The molecule has 1 heterocycles. The van der Waals surface area contributed by atoms with E-state index in [-0.39, 0.29) is 0 Å². The summed E-state index contributed by atoms with van der Waals surface area (Å²) in [5.41, 5.74) is 0.830. The van der Waals surface area contributed by atoms with Crippen molar-refractivity contribution in [3.05, 3.63) is 30.0 Å². The number of thioether (sulfide) groups is 1. The number of benzene rings is 1. The molecule has 3 nitrogen and oxygen atoms in total. The van der Waals surface area contributed by atoms with Crippen molar-refractivity contribution in [2.45, 2.75) is 6.54 Å². The second-order valence-corrected chi connectivity index (χ2v) is 4.75. The number of methoxy groups -OCH3 is 1. The average Bonchev–Trinajstić information content (AvgIpc) is 2.77. The molecule has 0 atom stereocenters. The maximum absolute atomic E-state index is 5.78. The summed E-state index contributed by atoms with van der Waals surface area (Å²) < 4.78 is 11.0. The third kappa shape index (κ3) is 2.96. The first-order valence-electron chi connectivity index (χ1n) is 5.60. The van der Waals surface area contributed by atoms with Crippen LogP contribution in [0.1, 0.15) is 5.76 Å². The van der Waals surface area contributed by atoms with Crippen LogP contribution in [-0.4, -0.2) is 25.7 Å². The highest BCUT2D eigenvalue weighted by atomic mass is 32.2. The topological polar surface area (TPSA) is 34.4 Å². The Balaban J connectivity index is 2.09. The number of ether oxygens (including phenoxy) is 1. The van der Waals surface area contributed by atoms with Crippen LogP contribution in [0.15, 0.2) is 28.7 Å². The lowest BCUT2D eigenvalue weighted by atomic mass is 10.2. The molecular formula is C13H17NO2S. The van der Waals surface area contributed by atoms with Crippen LogP contribution >= 0.6 is 11.8 Å². The molecule has 0 spiro atoms. The molecule has 4 heteroatoms. The van der Waals surface area contributed by atoms with Gasteiger partial charge >= 0.3 is 0 Å². The highest BCUT2D eigenvalue weighted by Gasteiger charge is 2.07. The second-order valence-electron chi connectivity index (χ2n) is 3.76. The Morgan fingerprint density at radius 3 is 3.06 bits per heavy atom. The molecule has 0 saturated heterocycles. The molecule has 92 valence electrons. The van der Waals surface area contributed by atoms with Crippen molar-refractivity contribution in [1.82, 2.24) is 5.32 Å². The van der Waals surface area contributed by atoms with E-state index in [1.54, 1.807) is 7.11 Å². The molecule has 1 aromatic carbocycles. The Morgan fingerprint density at radius 2 is 2.29 bits per heavy atom. The molecule has 17 heavy (non-hydrogen) atoms. The molecule has 1 N–H and O–H groups in total. The number of rotatable bonds is 6. The lowest BCUT2D eigenvalue weighted by Crippen LogP contribution is -2.15. The Morgan fingerprint density at radius 1 is 1.41 bits per heavy atom. The van der Waals surface area contributed by atoms with E-state index in [2.05, 4.69) is 17.6 Å². The van der Waals surface area contributed by atoms with E-state index in [4.69, 9.17) is 9.15 Å². The maximum atomic E-state index is 5.78. The number of nitrogens with one attached hydrogen (secondary N) is 1. The van der Waals surface area contributed by atoms with E-state index in [9.17, 15) is 0 Å². The van der Waals surface area contributed by atoms with E-state index in [0.29, 0.717) is 0 Å². The molecule has 0 unspecified atom stereocenters. The number of fused-ring (bicyclic) bond motifs is 1. The maximum Gasteiger partial charge on any atom is 0.176 e. The molecule has 0 amide bonds. The van der Waals surface area contributed by atoms with Crippen molar-refractivity contribution in [3.63, 3.8) is 0 Å². The number of hydrogen-bond donors (Lipinski definition) is 1. The lowest BCUT2D eigenvalue weighted by molar-refractivity contribution is 0.406. The molecule has 0 bridgehead atoms. The van der Waals surface area contributed by atoms with Gasteiger partial charge in [0.2, 0.25) is 0 Å². The number of furan rings is 1. The van der Waals surface area contributed by atoms with Gasteiger partial charge in [-0.25, -0.2) is 0 Å². The molecule has 0 aliphatic heterocycles. The van der Waals surface area contributed by atoms with Crippen LogP contribution in [0.4, 0.5) is 0 Å². The van der Waals surface area contributed by atoms with Gasteiger partial charge in [-0.2, -0.15) is 11.8 Å². The summed E-state index contributed by atoms with van der Waals surface area (Å²) in [7, 11) is 1.66. The Hall–Kier alpha value is -1.13. The standard InChI is InChI=1S/C13H17NO2S/c1-15-12-5-3-4-10-8-11(16-13(10)12)9-14-6-7-17-2/h3-5,8,14H,6-7,9H2,1-2H3. The van der Waals surface area contributed by atoms with E-state index in [1.807, 2.05) is 30.0 Å². The summed E-state index contributed by atoms with van der Waals surface area (Å²) in [6.45, 7) is 1.76. The van der Waals surface area contributed by atoms with Crippen LogP contribution in [0, 0.1) is 0 Å². The van der Waals surface area contributed by atoms with Crippen LogP contribution in [-0.2, 0) is 6.54 Å². The van der Waals surface area contributed by atoms with Crippen LogP contribution in [0.2, 0.25) is 0 Å². The van der Waals surface area contributed by atoms with Crippen molar-refractivity contribution < 1.29 is 9.15 Å². The fourth-order valence-corrected chi connectivity index (χ4v) is 2.07. The summed E-state index contributed by atoms with van der Waals surface area (Å²) in [4.78, 5) is 0. The number of para-hydroxylation sites is 1. The van der Waals surface area contributed by atoms with Crippen molar-refractivity contribution >= 4 is 22.7 Å². The molecule has 2 rings (SSSR count). The predicted octanol–water partition coefficient (Wildman–Crippen LogP) is 2.89. The highest BCUT2D eigenvalue weighted by Crippen LogP contribution is 2.28. The van der Waals surface area contributed by atoms with Gasteiger partial charge in [-0.1, -0.05) is 12.1 Å². The molecule has 0 radical (unpaired) electrons. The van der Waals surface area contributed by atoms with Gasteiger partial charge in [0.1, 0.15) is 5.76 Å². The average molecular weight is 251 g/mol. The molecule has 0 fully saturated rings. The first kappa shape index (κ1) is 12.3. The van der Waals surface area contributed by atoms with E-state index in [0.717, 1.165) is 41.3 Å². The zero-order valence-corrected chi connectivity index (χ0v) is 11.0. The van der Waals surface area contributed by atoms with Crippen LogP contribution in [0.5, 0.6) is 5.75 Å². The van der Waals surface area contributed by atoms with Crippen LogP contribution in [0.25, 0.3) is 11.0 Å². The highest BCUT2D eigenvalue weighted by molar-refractivity contribution is 7.98. The zero-order chi connectivity index (χ0) is 12.1. The fraction of sp³-hybridized carbons (Fsp3) is 0.385. The van der Waals surface area contributed by atoms with Gasteiger partial charge in [-0.3, -0.25) is 0 Å². The molecule has 0 saturated carbocycles. The van der Waals surface area contributed by atoms with Gasteiger partial charge in [0.25, 0.3) is 0 Å².